The van der Waals surface area contributed by atoms with Crippen molar-refractivity contribution in [3.05, 3.63) is 81.4 Å². The first kappa shape index (κ1) is 29.1. The Morgan fingerprint density at radius 3 is 2.62 bits per heavy atom. The summed E-state index contributed by atoms with van der Waals surface area (Å²) in [7, 11) is 0. The molecule has 1 saturated carbocycles. The van der Waals surface area contributed by atoms with E-state index in [0.717, 1.165) is 29.5 Å². The van der Waals surface area contributed by atoms with Crippen molar-refractivity contribution in [1.82, 2.24) is 29.2 Å². The number of likely N-dealkylation sites (tertiary alicyclic amines) is 1. The summed E-state index contributed by atoms with van der Waals surface area (Å²) in [5.74, 6) is 1.81. The highest BCUT2D eigenvalue weighted by molar-refractivity contribution is 7.13. The van der Waals surface area contributed by atoms with Crippen LogP contribution in [0.2, 0.25) is 10.0 Å². The van der Waals surface area contributed by atoms with E-state index >= 15 is 0 Å². The number of aromatic nitrogens is 5. The van der Waals surface area contributed by atoms with Crippen LogP contribution in [0.5, 0.6) is 0 Å². The van der Waals surface area contributed by atoms with Gasteiger partial charge in [0.15, 0.2) is 11.2 Å². The Bertz CT molecular complexity index is 1880. The third-order valence-electron chi connectivity index (χ3n) is 9.89. The number of hydrogen-bond donors (Lipinski definition) is 1. The molecule has 1 N–H and O–H groups in total. The lowest BCUT2D eigenvalue weighted by atomic mass is 9.93. The number of imidazole rings is 1. The number of rotatable bonds is 7. The highest BCUT2D eigenvalue weighted by Crippen LogP contribution is 2.47. The summed E-state index contributed by atoms with van der Waals surface area (Å²) < 4.78 is 17.6. The average Bonchev–Trinajstić information content (AvgIpc) is 3.86. The topological polar surface area (TPSA) is 80.9 Å². The second-order valence-electron chi connectivity index (χ2n) is 12.5. The van der Waals surface area contributed by atoms with E-state index in [2.05, 4.69) is 51.4 Å². The summed E-state index contributed by atoms with van der Waals surface area (Å²) in [6, 6.07) is 9.57. The molecule has 2 aliphatic heterocycles. The Hall–Kier alpha value is -3.31. The van der Waals surface area contributed by atoms with Gasteiger partial charge in [-0.05, 0) is 54.3 Å². The molecule has 3 aliphatic rings. The first-order valence-corrected chi connectivity index (χ1v) is 17.1. The molecule has 1 aliphatic carbocycles. The third-order valence-corrected chi connectivity index (χ3v) is 11.3. The summed E-state index contributed by atoms with van der Waals surface area (Å²) in [6.45, 7) is 6.06. The molecule has 5 atom stereocenters. The number of halogens is 3. The van der Waals surface area contributed by atoms with E-state index < -0.39 is 12.2 Å². The van der Waals surface area contributed by atoms with Gasteiger partial charge >= 0.3 is 0 Å². The van der Waals surface area contributed by atoms with Crippen LogP contribution in [0.4, 0.5) is 9.52 Å². The van der Waals surface area contributed by atoms with Crippen molar-refractivity contribution in [2.75, 3.05) is 25.0 Å². The molecule has 2 aromatic carbocycles. The van der Waals surface area contributed by atoms with Crippen molar-refractivity contribution in [1.29, 1.82) is 0 Å². The molecule has 0 bridgehead atoms. The number of alkyl halides is 1. The van der Waals surface area contributed by atoms with Gasteiger partial charge in [0, 0.05) is 53.9 Å². The molecule has 2 unspecified atom stereocenters. The van der Waals surface area contributed by atoms with Gasteiger partial charge in [0.2, 0.25) is 0 Å². The summed E-state index contributed by atoms with van der Waals surface area (Å²) in [5, 5.41) is 11.4. The molecule has 0 radical (unpaired) electrons. The fraction of sp³-hybridized carbons (Fsp3) is 0.394. The van der Waals surface area contributed by atoms with Crippen LogP contribution in [0.15, 0.2) is 54.4 Å². The molecule has 8 rings (SSSR count). The van der Waals surface area contributed by atoms with E-state index in [4.69, 9.17) is 28.3 Å². The Kier molecular flexibility index (Phi) is 7.43. The standard InChI is InChI=1S/C33H32Cl2FN7OS/c1-2-41-13-21-9-20(10-22(21)14-41)18-3-5-19(6-4-18)24-12-26(34)25-16-43(40-29(25)28(24)35)31(32(44)39-33-37-7-8-45-33)30-27-11-23(36)15-42(27)17-38-30/h3-8,12,16-17,20-23,31H,2,9-11,13-15H2,1H3,(H,37,39,44)/t20?,21-,22+,23-,31?/m1/s1. The predicted octanol–water partition coefficient (Wildman–Crippen LogP) is 7.23. The van der Waals surface area contributed by atoms with Gasteiger partial charge in [-0.15, -0.1) is 11.3 Å². The van der Waals surface area contributed by atoms with Gasteiger partial charge in [0.1, 0.15) is 11.7 Å². The lowest BCUT2D eigenvalue weighted by Gasteiger charge is -2.17. The van der Waals surface area contributed by atoms with Crippen LogP contribution in [0, 0.1) is 11.8 Å². The van der Waals surface area contributed by atoms with Crippen LogP contribution >= 0.6 is 34.5 Å². The SMILES string of the molecule is CCN1C[C@H]2CC(c3ccc(-c4cc(Cl)c5cn(C(C(=O)Nc6nccs6)c6ncn7c6C[C@@H](F)C7)nc5c4Cl)cc3)C[C@H]2C1. The maximum Gasteiger partial charge on any atom is 0.257 e. The van der Waals surface area contributed by atoms with Crippen molar-refractivity contribution in [3.63, 3.8) is 0 Å². The fourth-order valence-electron chi connectivity index (χ4n) is 7.68. The van der Waals surface area contributed by atoms with Crippen LogP contribution in [0.3, 0.4) is 0 Å². The Morgan fingerprint density at radius 2 is 1.91 bits per heavy atom. The summed E-state index contributed by atoms with van der Waals surface area (Å²) in [6.07, 6.45) is 6.56. The molecule has 8 nitrogen and oxygen atoms in total. The predicted molar refractivity (Wildman–Crippen MR) is 176 cm³/mol. The zero-order valence-electron chi connectivity index (χ0n) is 24.7. The molecule has 12 heteroatoms. The first-order valence-electron chi connectivity index (χ1n) is 15.4. The van der Waals surface area contributed by atoms with Crippen molar-refractivity contribution in [3.8, 4) is 11.1 Å². The zero-order chi connectivity index (χ0) is 30.8. The minimum Gasteiger partial charge on any atom is -0.331 e. The molecule has 232 valence electrons. The number of nitrogens with zero attached hydrogens (tertiary/aromatic N) is 6. The molecule has 5 aromatic rings. The number of carbonyl (C=O) groups is 1. The number of amides is 1. The van der Waals surface area contributed by atoms with Crippen LogP contribution in [-0.2, 0) is 17.8 Å². The van der Waals surface area contributed by atoms with Gasteiger partial charge in [-0.1, -0.05) is 54.4 Å². The second-order valence-corrected chi connectivity index (χ2v) is 14.2. The monoisotopic (exact) mass is 663 g/mol. The van der Waals surface area contributed by atoms with E-state index in [9.17, 15) is 9.18 Å². The van der Waals surface area contributed by atoms with Crippen LogP contribution < -0.4 is 5.32 Å². The zero-order valence-corrected chi connectivity index (χ0v) is 27.0. The summed E-state index contributed by atoms with van der Waals surface area (Å²) in [4.78, 5) is 25.1. The number of carbonyl (C=O) groups excluding carboxylic acids is 1. The lowest BCUT2D eigenvalue weighted by Crippen LogP contribution is -2.28. The minimum absolute atomic E-state index is 0.179. The molecule has 1 amide bonds. The maximum atomic E-state index is 14.4. The number of hydrogen-bond acceptors (Lipinski definition) is 6. The van der Waals surface area contributed by atoms with Crippen molar-refractivity contribution in [2.45, 2.75) is 50.9 Å². The van der Waals surface area contributed by atoms with Crippen molar-refractivity contribution >= 4 is 56.5 Å². The molecule has 0 spiro atoms. The van der Waals surface area contributed by atoms with Crippen LogP contribution in [0.1, 0.15) is 48.7 Å². The Balaban J connectivity index is 1.12. The van der Waals surface area contributed by atoms with Crippen molar-refractivity contribution in [2.24, 2.45) is 11.8 Å². The maximum absolute atomic E-state index is 14.4. The molecular formula is C33H32Cl2FN7OS. The third kappa shape index (κ3) is 5.16. The van der Waals surface area contributed by atoms with E-state index in [-0.39, 0.29) is 18.9 Å². The molecule has 3 aromatic heterocycles. The molecule has 45 heavy (non-hydrogen) atoms. The number of thiazole rings is 1. The first-order chi connectivity index (χ1) is 21.9. The minimum atomic E-state index is -1.03. The largest absolute Gasteiger partial charge is 0.331 e. The second kappa shape index (κ2) is 11.5. The molecular weight excluding hydrogens is 632 g/mol. The summed E-state index contributed by atoms with van der Waals surface area (Å²) in [5.41, 5.74) is 4.71. The number of benzene rings is 2. The van der Waals surface area contributed by atoms with Gasteiger partial charge in [-0.3, -0.25) is 14.8 Å². The van der Waals surface area contributed by atoms with E-state index in [0.29, 0.717) is 43.4 Å². The number of anilines is 1. The number of nitrogens with one attached hydrogen (secondary N) is 1. The smallest absolute Gasteiger partial charge is 0.257 e. The molecule has 5 heterocycles. The number of fused-ring (bicyclic) bond motifs is 3. The van der Waals surface area contributed by atoms with E-state index in [1.54, 1.807) is 28.7 Å². The highest BCUT2D eigenvalue weighted by atomic mass is 35.5. The average molecular weight is 665 g/mol. The Labute approximate surface area is 274 Å². The van der Waals surface area contributed by atoms with Crippen LogP contribution in [0.25, 0.3) is 22.0 Å². The van der Waals surface area contributed by atoms with Gasteiger partial charge in [0.25, 0.3) is 5.91 Å². The van der Waals surface area contributed by atoms with Crippen LogP contribution in [-0.4, -0.2) is 60.9 Å². The van der Waals surface area contributed by atoms with Gasteiger partial charge in [-0.25, -0.2) is 14.4 Å². The lowest BCUT2D eigenvalue weighted by molar-refractivity contribution is -0.118. The quantitative estimate of drug-likeness (QED) is 0.199. The molecule has 2 fully saturated rings. The summed E-state index contributed by atoms with van der Waals surface area (Å²) >= 11 is 15.2. The van der Waals surface area contributed by atoms with Gasteiger partial charge in [0.05, 0.1) is 28.6 Å². The van der Waals surface area contributed by atoms with E-state index in [1.807, 2.05) is 6.07 Å². The van der Waals surface area contributed by atoms with Gasteiger partial charge < -0.3 is 9.47 Å². The van der Waals surface area contributed by atoms with Crippen molar-refractivity contribution < 1.29 is 9.18 Å². The fourth-order valence-corrected chi connectivity index (χ4v) is 8.76. The highest BCUT2D eigenvalue weighted by Gasteiger charge is 2.40. The van der Waals surface area contributed by atoms with E-state index in [1.165, 1.54) is 47.5 Å². The normalized spacial score (nSPS) is 23.5. The van der Waals surface area contributed by atoms with Gasteiger partial charge in [-0.2, -0.15) is 5.10 Å². The molecule has 1 saturated heterocycles. The Morgan fingerprint density at radius 1 is 1.13 bits per heavy atom.